The summed E-state index contributed by atoms with van der Waals surface area (Å²) in [4.78, 5) is 22.3. The summed E-state index contributed by atoms with van der Waals surface area (Å²) < 4.78 is 17.3. The summed E-state index contributed by atoms with van der Waals surface area (Å²) in [6.07, 6.45) is -0.362. The van der Waals surface area contributed by atoms with Gasteiger partial charge in [-0.1, -0.05) is 0 Å². The van der Waals surface area contributed by atoms with Gasteiger partial charge in [-0.05, 0) is 30.7 Å². The lowest BCUT2D eigenvalue weighted by Crippen LogP contribution is -2.09. The minimum Gasteiger partial charge on any atom is -0.469 e. The van der Waals surface area contributed by atoms with Crippen LogP contribution >= 0.6 is 0 Å². The van der Waals surface area contributed by atoms with Crippen molar-refractivity contribution in [2.75, 3.05) is 7.11 Å². The van der Waals surface area contributed by atoms with Gasteiger partial charge in [0.2, 0.25) is 0 Å². The van der Waals surface area contributed by atoms with Gasteiger partial charge >= 0.3 is 5.97 Å². The molecule has 0 saturated carbocycles. The fourth-order valence-electron chi connectivity index (χ4n) is 1.20. The van der Waals surface area contributed by atoms with Crippen molar-refractivity contribution in [3.05, 3.63) is 35.1 Å². The molecule has 0 aromatic heterocycles. The van der Waals surface area contributed by atoms with Crippen LogP contribution in [0.15, 0.2) is 18.2 Å². The second-order valence-electron chi connectivity index (χ2n) is 3.19. The summed E-state index contributed by atoms with van der Waals surface area (Å²) in [5.74, 6) is -1.55. The number of rotatable bonds is 3. The van der Waals surface area contributed by atoms with E-state index in [9.17, 15) is 14.0 Å². The number of aryl methyl sites for hydroxylation is 1. The number of hydrogen-bond donors (Lipinski definition) is 0. The van der Waals surface area contributed by atoms with E-state index in [1.807, 2.05) is 0 Å². The van der Waals surface area contributed by atoms with E-state index in [0.29, 0.717) is 5.56 Å². The van der Waals surface area contributed by atoms with Crippen LogP contribution in [0.3, 0.4) is 0 Å². The quantitative estimate of drug-likeness (QED) is 0.434. The Morgan fingerprint density at radius 3 is 2.53 bits per heavy atom. The molecule has 0 amide bonds. The van der Waals surface area contributed by atoms with E-state index >= 15 is 0 Å². The van der Waals surface area contributed by atoms with Crippen molar-refractivity contribution in [3.63, 3.8) is 0 Å². The number of Topliss-reactive ketones (excluding diaryl/α,β-unsaturated/α-hetero) is 1. The van der Waals surface area contributed by atoms with Crippen LogP contribution in [0, 0.1) is 12.7 Å². The molecule has 15 heavy (non-hydrogen) atoms. The first kappa shape index (κ1) is 11.4. The number of ketones is 1. The van der Waals surface area contributed by atoms with Crippen LogP contribution in [0.4, 0.5) is 4.39 Å². The standard InChI is InChI=1S/C11H11FO3/c1-7-3-8(5-9(12)4-7)10(13)6-11(14)15-2/h3-5H,6H2,1-2H3. The van der Waals surface area contributed by atoms with Gasteiger partial charge in [-0.3, -0.25) is 9.59 Å². The van der Waals surface area contributed by atoms with Crippen molar-refractivity contribution < 1.29 is 18.7 Å². The predicted molar refractivity (Wildman–Crippen MR) is 52.1 cm³/mol. The van der Waals surface area contributed by atoms with Gasteiger partial charge in [0, 0.05) is 5.56 Å². The van der Waals surface area contributed by atoms with Gasteiger partial charge in [0.25, 0.3) is 0 Å². The van der Waals surface area contributed by atoms with Gasteiger partial charge in [0.05, 0.1) is 7.11 Å². The lowest BCUT2D eigenvalue weighted by atomic mass is 10.1. The molecule has 0 N–H and O–H groups in total. The Hall–Kier alpha value is -1.71. The molecule has 0 fully saturated rings. The second kappa shape index (κ2) is 4.68. The maximum atomic E-state index is 12.9. The largest absolute Gasteiger partial charge is 0.469 e. The molecular formula is C11H11FO3. The fraction of sp³-hybridized carbons (Fsp3) is 0.273. The monoisotopic (exact) mass is 210 g/mol. The van der Waals surface area contributed by atoms with E-state index in [4.69, 9.17) is 0 Å². The van der Waals surface area contributed by atoms with E-state index in [-0.39, 0.29) is 12.0 Å². The Kier molecular flexibility index (Phi) is 3.55. The third-order valence-corrected chi connectivity index (χ3v) is 1.90. The molecular weight excluding hydrogens is 199 g/mol. The summed E-state index contributed by atoms with van der Waals surface area (Å²) in [7, 11) is 1.20. The van der Waals surface area contributed by atoms with Gasteiger partial charge in [-0.2, -0.15) is 0 Å². The lowest BCUT2D eigenvalue weighted by Gasteiger charge is -2.01. The maximum absolute atomic E-state index is 12.9. The third kappa shape index (κ3) is 3.16. The molecule has 80 valence electrons. The Labute approximate surface area is 86.9 Å². The zero-order valence-electron chi connectivity index (χ0n) is 8.54. The topological polar surface area (TPSA) is 43.4 Å². The van der Waals surface area contributed by atoms with Crippen molar-refractivity contribution in [1.29, 1.82) is 0 Å². The minimum atomic E-state index is -0.623. The highest BCUT2D eigenvalue weighted by molar-refractivity contribution is 6.05. The lowest BCUT2D eigenvalue weighted by molar-refractivity contribution is -0.139. The molecule has 1 aromatic carbocycles. The van der Waals surface area contributed by atoms with Crippen LogP contribution in [-0.4, -0.2) is 18.9 Å². The van der Waals surface area contributed by atoms with Crippen LogP contribution < -0.4 is 0 Å². The minimum absolute atomic E-state index is 0.193. The molecule has 1 aromatic rings. The highest BCUT2D eigenvalue weighted by Gasteiger charge is 2.12. The van der Waals surface area contributed by atoms with E-state index in [1.54, 1.807) is 6.92 Å². The van der Waals surface area contributed by atoms with E-state index in [1.165, 1.54) is 19.2 Å². The summed E-state index contributed by atoms with van der Waals surface area (Å²) >= 11 is 0. The zero-order chi connectivity index (χ0) is 11.4. The Morgan fingerprint density at radius 1 is 1.33 bits per heavy atom. The Bertz CT molecular complexity index is 379. The number of hydrogen-bond acceptors (Lipinski definition) is 3. The molecule has 0 aliphatic heterocycles. The molecule has 0 radical (unpaired) electrons. The van der Waals surface area contributed by atoms with E-state index < -0.39 is 17.6 Å². The number of benzene rings is 1. The van der Waals surface area contributed by atoms with Gasteiger partial charge in [-0.15, -0.1) is 0 Å². The van der Waals surface area contributed by atoms with Crippen molar-refractivity contribution >= 4 is 11.8 Å². The average Bonchev–Trinajstić information content (AvgIpc) is 2.16. The maximum Gasteiger partial charge on any atom is 0.313 e. The van der Waals surface area contributed by atoms with Crippen LogP contribution in [0.25, 0.3) is 0 Å². The van der Waals surface area contributed by atoms with Gasteiger partial charge in [0.1, 0.15) is 12.2 Å². The number of ether oxygens (including phenoxy) is 1. The van der Waals surface area contributed by atoms with Gasteiger partial charge in [-0.25, -0.2) is 4.39 Å². The second-order valence-corrected chi connectivity index (χ2v) is 3.19. The third-order valence-electron chi connectivity index (χ3n) is 1.90. The van der Waals surface area contributed by atoms with E-state index in [0.717, 1.165) is 6.07 Å². The van der Waals surface area contributed by atoms with Crippen LogP contribution in [0.5, 0.6) is 0 Å². The number of halogens is 1. The predicted octanol–water partition coefficient (Wildman–Crippen LogP) is 1.88. The van der Waals surface area contributed by atoms with Crippen molar-refractivity contribution in [1.82, 2.24) is 0 Å². The summed E-state index contributed by atoms with van der Waals surface area (Å²) in [6.45, 7) is 1.68. The first-order chi connectivity index (χ1) is 7.02. The molecule has 0 saturated heterocycles. The molecule has 0 aliphatic rings. The highest BCUT2D eigenvalue weighted by Crippen LogP contribution is 2.10. The molecule has 0 aliphatic carbocycles. The first-order valence-electron chi connectivity index (χ1n) is 4.40. The molecule has 3 nitrogen and oxygen atoms in total. The molecule has 0 unspecified atom stereocenters. The average molecular weight is 210 g/mol. The smallest absolute Gasteiger partial charge is 0.313 e. The number of carbonyl (C=O) groups excluding carboxylic acids is 2. The first-order valence-corrected chi connectivity index (χ1v) is 4.40. The Balaban J connectivity index is 2.86. The number of carbonyl (C=O) groups is 2. The summed E-state index contributed by atoms with van der Waals surface area (Å²) in [6, 6.07) is 3.96. The van der Waals surface area contributed by atoms with Crippen molar-refractivity contribution in [2.45, 2.75) is 13.3 Å². The fourth-order valence-corrected chi connectivity index (χ4v) is 1.20. The normalized spacial score (nSPS) is 9.80. The highest BCUT2D eigenvalue weighted by atomic mass is 19.1. The summed E-state index contributed by atoms with van der Waals surface area (Å²) in [5.41, 5.74) is 0.834. The SMILES string of the molecule is COC(=O)CC(=O)c1cc(C)cc(F)c1. The molecule has 1 rings (SSSR count). The molecule has 0 heterocycles. The molecule has 0 bridgehead atoms. The summed E-state index contributed by atoms with van der Waals surface area (Å²) in [5, 5.41) is 0. The molecule has 0 atom stereocenters. The van der Waals surface area contributed by atoms with Gasteiger partial charge < -0.3 is 4.74 Å². The molecule has 0 spiro atoms. The van der Waals surface area contributed by atoms with Crippen molar-refractivity contribution in [2.24, 2.45) is 0 Å². The van der Waals surface area contributed by atoms with Crippen LogP contribution in [0.2, 0.25) is 0 Å². The van der Waals surface area contributed by atoms with Crippen LogP contribution in [0.1, 0.15) is 22.3 Å². The van der Waals surface area contributed by atoms with Crippen LogP contribution in [-0.2, 0) is 9.53 Å². The van der Waals surface area contributed by atoms with Gasteiger partial charge in [0.15, 0.2) is 5.78 Å². The van der Waals surface area contributed by atoms with Crippen molar-refractivity contribution in [3.8, 4) is 0 Å². The number of methoxy groups -OCH3 is 1. The van der Waals surface area contributed by atoms with E-state index in [2.05, 4.69) is 4.74 Å². The Morgan fingerprint density at radius 2 is 2.00 bits per heavy atom. The molecule has 4 heteroatoms. The number of esters is 1. The zero-order valence-corrected chi connectivity index (χ0v) is 8.54.